The van der Waals surface area contributed by atoms with Gasteiger partial charge in [0.2, 0.25) is 0 Å². The fourth-order valence-corrected chi connectivity index (χ4v) is 1.11. The molecule has 0 aromatic carbocycles. The van der Waals surface area contributed by atoms with Crippen molar-refractivity contribution in [3.8, 4) is 0 Å². The summed E-state index contributed by atoms with van der Waals surface area (Å²) in [7, 11) is 0. The summed E-state index contributed by atoms with van der Waals surface area (Å²) >= 11 is 0. The van der Waals surface area contributed by atoms with Crippen molar-refractivity contribution in [1.29, 1.82) is 0 Å². The lowest BCUT2D eigenvalue weighted by Gasteiger charge is -2.06. The monoisotopic (exact) mass is 155 g/mol. The minimum absolute atomic E-state index is 0.231. The molecular weight excluding hydrogens is 142 g/mol. The quantitative estimate of drug-likeness (QED) is 0.674. The van der Waals surface area contributed by atoms with Crippen LogP contribution in [0.3, 0.4) is 0 Å². The second-order valence-corrected chi connectivity index (χ2v) is 2.70. The molecule has 0 aliphatic rings. The van der Waals surface area contributed by atoms with Gasteiger partial charge in [-0.2, -0.15) is 0 Å². The summed E-state index contributed by atoms with van der Waals surface area (Å²) in [5.74, 6) is 6.13. The normalized spacial score (nSPS) is 13.4. The minimum atomic E-state index is 0.231. The van der Waals surface area contributed by atoms with Crippen LogP contribution in [0.5, 0.6) is 0 Å². The van der Waals surface area contributed by atoms with Gasteiger partial charge in [0.05, 0.1) is 12.9 Å². The van der Waals surface area contributed by atoms with Gasteiger partial charge in [0.25, 0.3) is 0 Å². The molecule has 1 aromatic heterocycles. The van der Waals surface area contributed by atoms with E-state index in [0.29, 0.717) is 6.61 Å². The third-order valence-corrected chi connectivity index (χ3v) is 1.70. The van der Waals surface area contributed by atoms with Crippen LogP contribution in [0.25, 0.3) is 0 Å². The summed E-state index contributed by atoms with van der Waals surface area (Å²) in [4.78, 5) is 4.52. The molecule has 0 saturated carbocycles. The van der Waals surface area contributed by atoms with E-state index in [0.717, 1.165) is 11.3 Å². The van der Waals surface area contributed by atoms with Crippen molar-refractivity contribution < 1.29 is 9.25 Å². The maximum absolute atomic E-state index is 5.24. The average molecular weight is 155 g/mol. The Morgan fingerprint density at radius 2 is 2.45 bits per heavy atom. The number of furan rings is 1. The van der Waals surface area contributed by atoms with Crippen molar-refractivity contribution in [2.75, 3.05) is 6.61 Å². The van der Waals surface area contributed by atoms with E-state index in [-0.39, 0.29) is 5.92 Å². The van der Waals surface area contributed by atoms with Gasteiger partial charge in [0, 0.05) is 5.92 Å². The van der Waals surface area contributed by atoms with Crippen LogP contribution in [-0.4, -0.2) is 6.61 Å². The summed E-state index contributed by atoms with van der Waals surface area (Å²) in [6.45, 7) is 4.51. The zero-order valence-electron chi connectivity index (χ0n) is 6.83. The smallest absolute Gasteiger partial charge is 0.111 e. The first-order valence-electron chi connectivity index (χ1n) is 3.61. The highest BCUT2D eigenvalue weighted by molar-refractivity contribution is 5.17. The number of hydrogen-bond donors (Lipinski definition) is 1. The first-order chi connectivity index (χ1) is 5.25. The van der Waals surface area contributed by atoms with Crippen molar-refractivity contribution in [2.24, 2.45) is 5.90 Å². The van der Waals surface area contributed by atoms with E-state index >= 15 is 0 Å². The Labute approximate surface area is 66.1 Å². The maximum Gasteiger partial charge on any atom is 0.111 e. The fraction of sp³-hybridized carbons (Fsp3) is 0.500. The first-order valence-corrected chi connectivity index (χ1v) is 3.61. The molecule has 11 heavy (non-hydrogen) atoms. The summed E-state index contributed by atoms with van der Waals surface area (Å²) in [6, 6.07) is 1.93. The molecular formula is C8H13NO2. The number of hydrogen-bond acceptors (Lipinski definition) is 3. The Morgan fingerprint density at radius 1 is 1.73 bits per heavy atom. The molecule has 0 aliphatic heterocycles. The molecule has 1 unspecified atom stereocenters. The van der Waals surface area contributed by atoms with Crippen LogP contribution in [0, 0.1) is 6.92 Å². The fourth-order valence-electron chi connectivity index (χ4n) is 1.11. The molecule has 0 bridgehead atoms. The molecule has 1 atom stereocenters. The number of aryl methyl sites for hydroxylation is 1. The van der Waals surface area contributed by atoms with E-state index in [1.165, 1.54) is 0 Å². The molecule has 0 radical (unpaired) electrons. The lowest BCUT2D eigenvalue weighted by atomic mass is 10.1. The van der Waals surface area contributed by atoms with E-state index in [4.69, 9.17) is 10.3 Å². The van der Waals surface area contributed by atoms with E-state index in [1.54, 1.807) is 6.26 Å². The van der Waals surface area contributed by atoms with Gasteiger partial charge in [-0.25, -0.2) is 5.90 Å². The van der Waals surface area contributed by atoms with Crippen LogP contribution >= 0.6 is 0 Å². The second-order valence-electron chi connectivity index (χ2n) is 2.70. The third kappa shape index (κ3) is 1.82. The van der Waals surface area contributed by atoms with Crippen LogP contribution in [0.15, 0.2) is 16.7 Å². The van der Waals surface area contributed by atoms with Gasteiger partial charge < -0.3 is 9.25 Å². The topological polar surface area (TPSA) is 48.4 Å². The van der Waals surface area contributed by atoms with Crippen LogP contribution in [0.2, 0.25) is 0 Å². The molecule has 0 fully saturated rings. The average Bonchev–Trinajstić information content (AvgIpc) is 2.36. The highest BCUT2D eigenvalue weighted by Gasteiger charge is 2.10. The van der Waals surface area contributed by atoms with Gasteiger partial charge >= 0.3 is 0 Å². The van der Waals surface area contributed by atoms with Crippen LogP contribution in [0.1, 0.15) is 24.2 Å². The van der Waals surface area contributed by atoms with Crippen molar-refractivity contribution in [1.82, 2.24) is 0 Å². The van der Waals surface area contributed by atoms with E-state index in [2.05, 4.69) is 4.84 Å². The minimum Gasteiger partial charge on any atom is -0.469 e. The lowest BCUT2D eigenvalue weighted by Crippen LogP contribution is -2.08. The van der Waals surface area contributed by atoms with Gasteiger partial charge in [-0.3, -0.25) is 0 Å². The van der Waals surface area contributed by atoms with E-state index < -0.39 is 0 Å². The molecule has 3 nitrogen and oxygen atoms in total. The predicted molar refractivity (Wildman–Crippen MR) is 42.0 cm³/mol. The highest BCUT2D eigenvalue weighted by Crippen LogP contribution is 2.19. The summed E-state index contributed by atoms with van der Waals surface area (Å²) < 4.78 is 5.24. The molecule has 3 heteroatoms. The first kappa shape index (κ1) is 8.30. The van der Waals surface area contributed by atoms with Gasteiger partial charge in [-0.05, 0) is 18.6 Å². The van der Waals surface area contributed by atoms with Crippen molar-refractivity contribution >= 4 is 0 Å². The van der Waals surface area contributed by atoms with Crippen LogP contribution < -0.4 is 5.90 Å². The molecule has 1 heterocycles. The molecule has 0 amide bonds. The van der Waals surface area contributed by atoms with Crippen molar-refractivity contribution in [2.45, 2.75) is 19.8 Å². The Kier molecular flexibility index (Phi) is 2.68. The Bertz CT molecular complexity index is 220. The molecule has 0 saturated heterocycles. The number of nitrogens with two attached hydrogens (primary N) is 1. The largest absolute Gasteiger partial charge is 0.469 e. The summed E-state index contributed by atoms with van der Waals surface area (Å²) in [5, 5.41) is 0. The standard InChI is InChI=1S/C8H13NO2/c1-6-3-4-10-8(6)7(2)5-11-9/h3-4,7H,5,9H2,1-2H3. The third-order valence-electron chi connectivity index (χ3n) is 1.70. The summed E-state index contributed by atoms with van der Waals surface area (Å²) in [6.07, 6.45) is 1.68. The molecule has 1 rings (SSSR count). The molecule has 62 valence electrons. The van der Waals surface area contributed by atoms with Crippen molar-refractivity contribution in [3.63, 3.8) is 0 Å². The maximum atomic E-state index is 5.24. The molecule has 0 aliphatic carbocycles. The van der Waals surface area contributed by atoms with Crippen LogP contribution in [-0.2, 0) is 4.84 Å². The van der Waals surface area contributed by atoms with Gasteiger partial charge in [-0.1, -0.05) is 6.92 Å². The number of rotatable bonds is 3. The van der Waals surface area contributed by atoms with Gasteiger partial charge in [0.15, 0.2) is 0 Å². The second kappa shape index (κ2) is 3.55. The Morgan fingerprint density at radius 3 is 2.91 bits per heavy atom. The predicted octanol–water partition coefficient (Wildman–Crippen LogP) is 1.58. The summed E-state index contributed by atoms with van der Waals surface area (Å²) in [5.41, 5.74) is 1.15. The Hall–Kier alpha value is -0.800. The van der Waals surface area contributed by atoms with Gasteiger partial charge in [-0.15, -0.1) is 0 Å². The van der Waals surface area contributed by atoms with E-state index in [9.17, 15) is 0 Å². The lowest BCUT2D eigenvalue weighted by molar-refractivity contribution is 0.121. The van der Waals surface area contributed by atoms with Gasteiger partial charge in [0.1, 0.15) is 5.76 Å². The zero-order chi connectivity index (χ0) is 8.27. The highest BCUT2D eigenvalue weighted by atomic mass is 16.6. The van der Waals surface area contributed by atoms with E-state index in [1.807, 2.05) is 19.9 Å². The molecule has 0 spiro atoms. The van der Waals surface area contributed by atoms with Crippen molar-refractivity contribution in [3.05, 3.63) is 23.7 Å². The SMILES string of the molecule is Cc1ccoc1C(C)CON. The van der Waals surface area contributed by atoms with Crippen LogP contribution in [0.4, 0.5) is 0 Å². The Balaban J connectivity index is 2.67. The molecule has 2 N–H and O–H groups in total. The zero-order valence-corrected chi connectivity index (χ0v) is 6.83. The molecule has 1 aromatic rings.